The first-order valence-corrected chi connectivity index (χ1v) is 7.61. The number of aromatic nitrogens is 1. The van der Waals surface area contributed by atoms with Crippen LogP contribution in [0.15, 0.2) is 5.51 Å². The molecule has 1 aliphatic carbocycles. The van der Waals surface area contributed by atoms with Gasteiger partial charge in [-0.05, 0) is 43.9 Å². The summed E-state index contributed by atoms with van der Waals surface area (Å²) in [6.45, 7) is 4.55. The van der Waals surface area contributed by atoms with Gasteiger partial charge in [0.1, 0.15) is 0 Å². The topological polar surface area (TPSA) is 12.9 Å². The van der Waals surface area contributed by atoms with Crippen molar-refractivity contribution in [1.29, 1.82) is 0 Å². The van der Waals surface area contributed by atoms with Crippen LogP contribution in [-0.2, 0) is 6.42 Å². The summed E-state index contributed by atoms with van der Waals surface area (Å²) in [6, 6.07) is 0. The smallest absolute Gasteiger partial charge is 0.0797 e. The molecule has 15 heavy (non-hydrogen) atoms. The Hall–Kier alpha value is 0.110. The predicted octanol–water partition coefficient (Wildman–Crippen LogP) is 4.20. The van der Waals surface area contributed by atoms with E-state index in [9.17, 15) is 0 Å². The second-order valence-electron chi connectivity index (χ2n) is 4.92. The molecule has 0 aromatic carbocycles. The fourth-order valence-corrected chi connectivity index (χ4v) is 3.64. The molecular weight excluding hydrogens is 270 g/mol. The molecule has 2 rings (SSSR count). The fourth-order valence-electron chi connectivity index (χ4n) is 2.13. The third-order valence-corrected chi connectivity index (χ3v) is 5.91. The van der Waals surface area contributed by atoms with Crippen LogP contribution in [0.1, 0.15) is 36.8 Å². The van der Waals surface area contributed by atoms with Crippen LogP contribution in [0.25, 0.3) is 0 Å². The quantitative estimate of drug-likeness (QED) is 0.740. The van der Waals surface area contributed by atoms with E-state index in [0.717, 1.165) is 11.2 Å². The molecule has 1 saturated carbocycles. The molecule has 0 spiro atoms. The number of hydrogen-bond donors (Lipinski definition) is 0. The second-order valence-corrected chi connectivity index (χ2v) is 6.42. The van der Waals surface area contributed by atoms with Gasteiger partial charge in [-0.15, -0.1) is 11.3 Å². The number of alkyl halides is 1. The van der Waals surface area contributed by atoms with Gasteiger partial charge in [-0.1, -0.05) is 22.9 Å². The molecule has 1 unspecified atom stereocenters. The second kappa shape index (κ2) is 4.54. The van der Waals surface area contributed by atoms with Crippen molar-refractivity contribution >= 4 is 27.3 Å². The van der Waals surface area contributed by atoms with E-state index in [2.05, 4.69) is 34.8 Å². The fraction of sp³-hybridized carbons (Fsp3) is 0.750. The van der Waals surface area contributed by atoms with Crippen molar-refractivity contribution in [3.63, 3.8) is 0 Å². The number of nitrogens with zero attached hydrogens (tertiary/aromatic N) is 1. The van der Waals surface area contributed by atoms with Crippen molar-refractivity contribution in [1.82, 2.24) is 4.98 Å². The average molecular weight is 288 g/mol. The Morgan fingerprint density at radius 1 is 1.60 bits per heavy atom. The van der Waals surface area contributed by atoms with E-state index in [1.807, 2.05) is 5.51 Å². The Morgan fingerprint density at radius 2 is 2.33 bits per heavy atom. The van der Waals surface area contributed by atoms with Gasteiger partial charge >= 0.3 is 0 Å². The molecule has 0 radical (unpaired) electrons. The molecule has 0 N–H and O–H groups in total. The van der Waals surface area contributed by atoms with E-state index in [4.69, 9.17) is 0 Å². The minimum atomic E-state index is 0.510. The largest absolute Gasteiger partial charge is 0.250 e. The number of rotatable bonds is 5. The van der Waals surface area contributed by atoms with Crippen molar-refractivity contribution in [2.75, 3.05) is 5.33 Å². The molecule has 0 bridgehead atoms. The Kier molecular flexibility index (Phi) is 3.51. The molecular formula is C12H18BrNS. The SMILES string of the molecule is Cc1ncsc1CCC(C)(CBr)C1CC1. The first-order valence-electron chi connectivity index (χ1n) is 5.60. The normalized spacial score (nSPS) is 20.2. The van der Waals surface area contributed by atoms with Crippen molar-refractivity contribution in [2.45, 2.75) is 39.5 Å². The van der Waals surface area contributed by atoms with Gasteiger partial charge in [0.25, 0.3) is 0 Å². The van der Waals surface area contributed by atoms with Crippen LogP contribution in [0.4, 0.5) is 0 Å². The molecule has 1 aromatic heterocycles. The summed E-state index contributed by atoms with van der Waals surface area (Å²) in [5, 5.41) is 1.14. The van der Waals surface area contributed by atoms with E-state index in [-0.39, 0.29) is 0 Å². The number of hydrogen-bond acceptors (Lipinski definition) is 2. The number of halogens is 1. The molecule has 84 valence electrons. The standard InChI is InChI=1S/C12H18BrNS/c1-9-11(15-8-14-9)5-6-12(2,7-13)10-3-4-10/h8,10H,3-7H2,1-2H3. The molecule has 1 aliphatic rings. The molecule has 0 aliphatic heterocycles. The first kappa shape index (κ1) is 11.6. The Labute approximate surface area is 104 Å². The van der Waals surface area contributed by atoms with Crippen molar-refractivity contribution in [3.8, 4) is 0 Å². The Bertz CT molecular complexity index is 332. The minimum absolute atomic E-state index is 0.510. The average Bonchev–Trinajstić information content (AvgIpc) is 3.01. The monoisotopic (exact) mass is 287 g/mol. The van der Waals surface area contributed by atoms with Gasteiger partial charge in [-0.3, -0.25) is 0 Å². The lowest BCUT2D eigenvalue weighted by Gasteiger charge is -2.27. The summed E-state index contributed by atoms with van der Waals surface area (Å²) in [5.74, 6) is 0.963. The highest BCUT2D eigenvalue weighted by molar-refractivity contribution is 9.09. The van der Waals surface area contributed by atoms with Crippen LogP contribution < -0.4 is 0 Å². The van der Waals surface area contributed by atoms with Crippen LogP contribution in [-0.4, -0.2) is 10.3 Å². The summed E-state index contributed by atoms with van der Waals surface area (Å²) in [4.78, 5) is 5.79. The van der Waals surface area contributed by atoms with Crippen molar-refractivity contribution in [2.24, 2.45) is 11.3 Å². The zero-order valence-electron chi connectivity index (χ0n) is 9.42. The molecule has 0 saturated heterocycles. The van der Waals surface area contributed by atoms with Gasteiger partial charge in [0.2, 0.25) is 0 Å². The van der Waals surface area contributed by atoms with Crippen molar-refractivity contribution in [3.05, 3.63) is 16.1 Å². The lowest BCUT2D eigenvalue weighted by molar-refractivity contribution is 0.295. The highest BCUT2D eigenvalue weighted by atomic mass is 79.9. The minimum Gasteiger partial charge on any atom is -0.250 e. The van der Waals surface area contributed by atoms with E-state index < -0.39 is 0 Å². The molecule has 1 aromatic rings. The third kappa shape index (κ3) is 2.62. The van der Waals surface area contributed by atoms with Gasteiger partial charge in [-0.2, -0.15) is 0 Å². The predicted molar refractivity (Wildman–Crippen MR) is 69.8 cm³/mol. The molecule has 0 amide bonds. The number of thiazole rings is 1. The summed E-state index contributed by atoms with van der Waals surface area (Å²) < 4.78 is 0. The highest BCUT2D eigenvalue weighted by Crippen LogP contribution is 2.49. The zero-order chi connectivity index (χ0) is 10.9. The highest BCUT2D eigenvalue weighted by Gasteiger charge is 2.40. The van der Waals surface area contributed by atoms with E-state index in [1.165, 1.54) is 36.3 Å². The van der Waals surface area contributed by atoms with Gasteiger partial charge in [0.15, 0.2) is 0 Å². The molecule has 1 heterocycles. The van der Waals surface area contributed by atoms with E-state index in [0.29, 0.717) is 5.41 Å². The maximum Gasteiger partial charge on any atom is 0.0797 e. The van der Waals surface area contributed by atoms with E-state index >= 15 is 0 Å². The molecule has 1 nitrogen and oxygen atoms in total. The summed E-state index contributed by atoms with van der Waals surface area (Å²) >= 11 is 5.49. The van der Waals surface area contributed by atoms with Crippen molar-refractivity contribution < 1.29 is 0 Å². The zero-order valence-corrected chi connectivity index (χ0v) is 11.8. The molecule has 3 heteroatoms. The van der Waals surface area contributed by atoms with Crippen LogP contribution in [0.3, 0.4) is 0 Å². The third-order valence-electron chi connectivity index (χ3n) is 3.64. The molecule has 1 fully saturated rings. The van der Waals surface area contributed by atoms with Crippen LogP contribution in [0.2, 0.25) is 0 Å². The van der Waals surface area contributed by atoms with E-state index in [1.54, 1.807) is 11.3 Å². The number of aryl methyl sites for hydroxylation is 2. The lowest BCUT2D eigenvalue weighted by atomic mass is 9.82. The summed E-state index contributed by atoms with van der Waals surface area (Å²) in [7, 11) is 0. The van der Waals surface area contributed by atoms with Crippen LogP contribution >= 0.6 is 27.3 Å². The van der Waals surface area contributed by atoms with Crippen LogP contribution in [0.5, 0.6) is 0 Å². The van der Waals surface area contributed by atoms with Gasteiger partial charge in [0, 0.05) is 10.2 Å². The first-order chi connectivity index (χ1) is 7.15. The summed E-state index contributed by atoms with van der Waals surface area (Å²) in [6.07, 6.45) is 5.37. The molecule has 1 atom stereocenters. The summed E-state index contributed by atoms with van der Waals surface area (Å²) in [5.41, 5.74) is 3.71. The van der Waals surface area contributed by atoms with Gasteiger partial charge in [-0.25, -0.2) is 4.98 Å². The van der Waals surface area contributed by atoms with Crippen LogP contribution in [0, 0.1) is 18.3 Å². The Balaban J connectivity index is 1.94. The van der Waals surface area contributed by atoms with Gasteiger partial charge < -0.3 is 0 Å². The van der Waals surface area contributed by atoms with Gasteiger partial charge in [0.05, 0.1) is 11.2 Å². The Morgan fingerprint density at radius 3 is 2.80 bits per heavy atom. The lowest BCUT2D eigenvalue weighted by Crippen LogP contribution is -2.21. The maximum atomic E-state index is 4.31. The maximum absolute atomic E-state index is 4.31.